The van der Waals surface area contributed by atoms with Gasteiger partial charge in [-0.15, -0.1) is 0 Å². The summed E-state index contributed by atoms with van der Waals surface area (Å²) in [5.74, 6) is 0.886. The Morgan fingerprint density at radius 2 is 2.07 bits per heavy atom. The zero-order chi connectivity index (χ0) is 19.0. The van der Waals surface area contributed by atoms with Gasteiger partial charge < -0.3 is 19.5 Å². The van der Waals surface area contributed by atoms with Crippen LogP contribution in [0.1, 0.15) is 18.3 Å². The summed E-state index contributed by atoms with van der Waals surface area (Å²) >= 11 is 3.33. The number of carbonyl (C=O) groups is 1. The average Bonchev–Trinajstić information content (AvgIpc) is 3.01. The van der Waals surface area contributed by atoms with E-state index in [1.807, 2.05) is 34.9 Å². The molecule has 0 aliphatic carbocycles. The number of fused-ring (bicyclic) bond motifs is 1. The number of aromatic nitrogens is 2. The Hall–Kier alpha value is -2.19. The molecule has 0 bridgehead atoms. The topological polar surface area (TPSA) is 78.5 Å². The third kappa shape index (κ3) is 3.51. The molecule has 1 saturated heterocycles. The molecule has 2 aliphatic heterocycles. The SMILES string of the molecule is CC1Cc2ccccc2N1C(=O)Cc1nc(N2CCOCC2)c(Br)c(=O)[nH]1. The number of morpholine rings is 1. The first-order chi connectivity index (χ1) is 13.0. The molecule has 1 aromatic heterocycles. The molecule has 2 aromatic rings. The highest BCUT2D eigenvalue weighted by molar-refractivity contribution is 9.10. The molecular weight excluding hydrogens is 412 g/mol. The maximum atomic E-state index is 13.0. The van der Waals surface area contributed by atoms with Crippen LogP contribution in [0.2, 0.25) is 0 Å². The van der Waals surface area contributed by atoms with Crippen LogP contribution in [0.3, 0.4) is 0 Å². The smallest absolute Gasteiger partial charge is 0.267 e. The summed E-state index contributed by atoms with van der Waals surface area (Å²) in [6.07, 6.45) is 0.893. The fourth-order valence-corrected chi connectivity index (χ4v) is 4.17. The predicted octanol–water partition coefficient (Wildman–Crippen LogP) is 1.89. The molecule has 1 aromatic carbocycles. The van der Waals surface area contributed by atoms with E-state index >= 15 is 0 Å². The minimum atomic E-state index is -0.274. The van der Waals surface area contributed by atoms with Crippen LogP contribution in [0.25, 0.3) is 0 Å². The number of ether oxygens (including phenoxy) is 1. The van der Waals surface area contributed by atoms with E-state index in [0.29, 0.717) is 42.4 Å². The van der Waals surface area contributed by atoms with Gasteiger partial charge in [0.15, 0.2) is 5.82 Å². The summed E-state index contributed by atoms with van der Waals surface area (Å²) in [5, 5.41) is 0. The molecule has 1 unspecified atom stereocenters. The molecule has 142 valence electrons. The number of aromatic amines is 1. The maximum Gasteiger partial charge on any atom is 0.267 e. The summed E-state index contributed by atoms with van der Waals surface area (Å²) < 4.78 is 5.76. The average molecular weight is 433 g/mol. The van der Waals surface area contributed by atoms with E-state index in [9.17, 15) is 9.59 Å². The number of hydrogen-bond donors (Lipinski definition) is 1. The molecule has 1 N–H and O–H groups in total. The molecule has 3 heterocycles. The Labute approximate surface area is 165 Å². The van der Waals surface area contributed by atoms with Crippen LogP contribution >= 0.6 is 15.9 Å². The Balaban J connectivity index is 1.60. The van der Waals surface area contributed by atoms with Gasteiger partial charge in [0.25, 0.3) is 5.56 Å². The van der Waals surface area contributed by atoms with Crippen LogP contribution in [0.15, 0.2) is 33.5 Å². The second-order valence-corrected chi connectivity index (χ2v) is 7.67. The fraction of sp³-hybridized carbons (Fsp3) is 0.421. The lowest BCUT2D eigenvalue weighted by atomic mass is 10.1. The predicted molar refractivity (Wildman–Crippen MR) is 106 cm³/mol. The molecule has 0 saturated carbocycles. The molecule has 0 spiro atoms. The summed E-state index contributed by atoms with van der Waals surface area (Å²) in [5.41, 5.74) is 1.84. The summed E-state index contributed by atoms with van der Waals surface area (Å²) in [7, 11) is 0. The molecule has 1 fully saturated rings. The highest BCUT2D eigenvalue weighted by Crippen LogP contribution is 2.32. The second-order valence-electron chi connectivity index (χ2n) is 6.87. The zero-order valence-corrected chi connectivity index (χ0v) is 16.7. The molecule has 4 rings (SSSR count). The second kappa shape index (κ2) is 7.44. The molecule has 7 nitrogen and oxygen atoms in total. The third-order valence-corrected chi connectivity index (χ3v) is 5.71. The normalized spacial score (nSPS) is 19.3. The number of halogens is 1. The van der Waals surface area contributed by atoms with E-state index in [2.05, 4.69) is 32.0 Å². The van der Waals surface area contributed by atoms with Gasteiger partial charge in [0.05, 0.1) is 19.6 Å². The number of anilines is 2. The summed E-state index contributed by atoms with van der Waals surface area (Å²) in [6, 6.07) is 8.04. The maximum absolute atomic E-state index is 13.0. The number of rotatable bonds is 3. The molecule has 2 aliphatic rings. The van der Waals surface area contributed by atoms with Crippen molar-refractivity contribution in [2.75, 3.05) is 36.1 Å². The number of nitrogens with one attached hydrogen (secondary N) is 1. The van der Waals surface area contributed by atoms with Gasteiger partial charge in [0.2, 0.25) is 5.91 Å². The van der Waals surface area contributed by atoms with Gasteiger partial charge >= 0.3 is 0 Å². The van der Waals surface area contributed by atoms with Gasteiger partial charge in [-0.1, -0.05) is 18.2 Å². The van der Waals surface area contributed by atoms with Gasteiger partial charge in [-0.2, -0.15) is 0 Å². The molecule has 1 amide bonds. The zero-order valence-electron chi connectivity index (χ0n) is 15.1. The van der Waals surface area contributed by atoms with Crippen molar-refractivity contribution < 1.29 is 9.53 Å². The number of benzene rings is 1. The minimum Gasteiger partial charge on any atom is -0.378 e. The monoisotopic (exact) mass is 432 g/mol. The highest BCUT2D eigenvalue weighted by Gasteiger charge is 2.31. The van der Waals surface area contributed by atoms with E-state index in [-0.39, 0.29) is 23.9 Å². The molecule has 1 atom stereocenters. The van der Waals surface area contributed by atoms with E-state index in [1.165, 1.54) is 5.56 Å². The first-order valence-corrected chi connectivity index (χ1v) is 9.85. The first kappa shape index (κ1) is 18.2. The number of amides is 1. The van der Waals surface area contributed by atoms with Crippen molar-refractivity contribution in [3.63, 3.8) is 0 Å². The number of para-hydroxylation sites is 1. The lowest BCUT2D eigenvalue weighted by molar-refractivity contribution is -0.118. The van der Waals surface area contributed by atoms with Crippen molar-refractivity contribution >= 4 is 33.3 Å². The first-order valence-electron chi connectivity index (χ1n) is 9.06. The van der Waals surface area contributed by atoms with Crippen LogP contribution in [-0.2, 0) is 22.4 Å². The third-order valence-electron chi connectivity index (χ3n) is 5.00. The van der Waals surface area contributed by atoms with Gasteiger partial charge in [0, 0.05) is 24.8 Å². The van der Waals surface area contributed by atoms with Crippen LogP contribution in [0.5, 0.6) is 0 Å². The quantitative estimate of drug-likeness (QED) is 0.800. The van der Waals surface area contributed by atoms with Gasteiger partial charge in [0.1, 0.15) is 10.3 Å². The van der Waals surface area contributed by atoms with Gasteiger partial charge in [-0.05, 0) is 40.9 Å². The Kier molecular flexibility index (Phi) is 5.01. The Morgan fingerprint density at radius 3 is 2.85 bits per heavy atom. The van der Waals surface area contributed by atoms with E-state index in [1.54, 1.807) is 0 Å². The largest absolute Gasteiger partial charge is 0.378 e. The van der Waals surface area contributed by atoms with Crippen LogP contribution in [-0.4, -0.2) is 48.2 Å². The minimum absolute atomic E-state index is 0.0541. The molecule has 8 heteroatoms. The van der Waals surface area contributed by atoms with Crippen molar-refractivity contribution in [1.82, 2.24) is 9.97 Å². The van der Waals surface area contributed by atoms with Crippen molar-refractivity contribution in [2.45, 2.75) is 25.8 Å². The number of hydrogen-bond acceptors (Lipinski definition) is 5. The lowest BCUT2D eigenvalue weighted by Gasteiger charge is -2.28. The van der Waals surface area contributed by atoms with E-state index in [4.69, 9.17) is 4.74 Å². The van der Waals surface area contributed by atoms with Gasteiger partial charge in [-0.25, -0.2) is 4.98 Å². The van der Waals surface area contributed by atoms with Crippen LogP contribution in [0, 0.1) is 0 Å². The van der Waals surface area contributed by atoms with Crippen LogP contribution < -0.4 is 15.4 Å². The van der Waals surface area contributed by atoms with E-state index < -0.39 is 0 Å². The van der Waals surface area contributed by atoms with Gasteiger partial charge in [-0.3, -0.25) is 9.59 Å². The summed E-state index contributed by atoms with van der Waals surface area (Å²) in [6.45, 7) is 4.56. The Morgan fingerprint density at radius 1 is 1.33 bits per heavy atom. The van der Waals surface area contributed by atoms with Crippen molar-refractivity contribution in [3.8, 4) is 0 Å². The molecule has 27 heavy (non-hydrogen) atoms. The number of carbonyl (C=O) groups excluding carboxylic acids is 1. The standard InChI is InChI=1S/C19H21BrN4O3/c1-12-10-13-4-2-3-5-14(13)24(12)16(25)11-15-21-18(17(20)19(26)22-15)23-6-8-27-9-7-23/h2-5,12H,6-11H2,1H3,(H,21,22,26). The highest BCUT2D eigenvalue weighted by atomic mass is 79.9. The number of H-pyrrole nitrogens is 1. The lowest BCUT2D eigenvalue weighted by Crippen LogP contribution is -2.39. The van der Waals surface area contributed by atoms with Crippen LogP contribution in [0.4, 0.5) is 11.5 Å². The number of nitrogens with zero attached hydrogens (tertiary/aromatic N) is 3. The van der Waals surface area contributed by atoms with Crippen molar-refractivity contribution in [3.05, 3.63) is 50.5 Å². The fourth-order valence-electron chi connectivity index (χ4n) is 3.73. The molecular formula is C19H21BrN4O3. The van der Waals surface area contributed by atoms with Crippen molar-refractivity contribution in [1.29, 1.82) is 0 Å². The van der Waals surface area contributed by atoms with Crippen molar-refractivity contribution in [2.24, 2.45) is 0 Å². The summed E-state index contributed by atoms with van der Waals surface area (Å²) in [4.78, 5) is 36.4. The van der Waals surface area contributed by atoms with E-state index in [0.717, 1.165) is 12.1 Å². The molecule has 0 radical (unpaired) electrons. The Bertz CT molecular complexity index is 923.